The zero-order chi connectivity index (χ0) is 71.2. The van der Waals surface area contributed by atoms with Crippen molar-refractivity contribution in [2.24, 2.45) is 0 Å². The smallest absolute Gasteiger partial charge is 0.119 e. The van der Waals surface area contributed by atoms with Gasteiger partial charge in [-0.15, -0.1) is 0 Å². The van der Waals surface area contributed by atoms with E-state index in [2.05, 4.69) is 325 Å². The van der Waals surface area contributed by atoms with Crippen molar-refractivity contribution < 1.29 is 18.9 Å². The van der Waals surface area contributed by atoms with Gasteiger partial charge in [0, 0.05) is 44.3 Å². The fraction of sp³-hybridized carbons (Fsp3) is 0.0800. The van der Waals surface area contributed by atoms with Gasteiger partial charge in [-0.1, -0.05) is 218 Å². The number of aromatic amines is 2. The highest BCUT2D eigenvalue weighted by atomic mass is 16.5. The molecule has 514 valence electrons. The molecule has 8 bridgehead atoms. The summed E-state index contributed by atoms with van der Waals surface area (Å²) in [5.41, 5.74) is 40.4. The molecule has 12 aromatic carbocycles. The number of ether oxygens (including phenoxy) is 4. The predicted octanol–water partition coefficient (Wildman–Crippen LogP) is 23.9. The van der Waals surface area contributed by atoms with Gasteiger partial charge in [0.25, 0.3) is 0 Å². The lowest BCUT2D eigenvalue weighted by Crippen LogP contribution is -1.97. The Kier molecular flexibility index (Phi) is 15.3. The Morgan fingerprint density at radius 3 is 0.685 bits per heavy atom. The lowest BCUT2D eigenvalue weighted by Gasteiger charge is -2.11. The molecule has 0 saturated heterocycles. The molecule has 3 aromatic heterocycles. The highest BCUT2D eigenvalue weighted by Gasteiger charge is 2.25. The number of aromatic nitrogens is 4. The van der Waals surface area contributed by atoms with Crippen LogP contribution in [0.4, 0.5) is 0 Å². The molecular formula is C100H70N4O4. The van der Waals surface area contributed by atoms with Crippen molar-refractivity contribution in [3.8, 4) is 112 Å². The van der Waals surface area contributed by atoms with Gasteiger partial charge in [-0.2, -0.15) is 0 Å². The molecule has 8 nitrogen and oxygen atoms in total. The van der Waals surface area contributed by atoms with E-state index in [4.69, 9.17) is 28.9 Å². The number of rotatable bonds is 16. The second-order valence-corrected chi connectivity index (χ2v) is 29.1. The van der Waals surface area contributed by atoms with Crippen LogP contribution in [0.25, 0.3) is 135 Å². The Labute approximate surface area is 626 Å². The van der Waals surface area contributed by atoms with Gasteiger partial charge in [-0.05, 0) is 256 Å². The van der Waals surface area contributed by atoms with Crippen LogP contribution in [-0.2, 0) is 52.1 Å². The normalized spacial score (nSPS) is 12.7. The minimum atomic E-state index is 0.449. The van der Waals surface area contributed by atoms with E-state index >= 15 is 0 Å². The molecule has 2 N–H and O–H groups in total. The van der Waals surface area contributed by atoms with E-state index in [1.54, 1.807) is 0 Å². The highest BCUT2D eigenvalue weighted by molar-refractivity contribution is 6.00. The van der Waals surface area contributed by atoms with Crippen LogP contribution in [0.2, 0.25) is 0 Å². The Balaban J connectivity index is 0.670. The molecule has 0 fully saturated rings. The Morgan fingerprint density at radius 1 is 0.222 bits per heavy atom. The molecule has 0 amide bonds. The molecule has 4 aliphatic carbocycles. The Bertz CT molecular complexity index is 5650. The predicted molar refractivity (Wildman–Crippen MR) is 437 cm³/mol. The fourth-order valence-corrected chi connectivity index (χ4v) is 17.1. The van der Waals surface area contributed by atoms with Crippen LogP contribution in [0.3, 0.4) is 0 Å². The van der Waals surface area contributed by atoms with E-state index < -0.39 is 0 Å². The van der Waals surface area contributed by atoms with Crippen LogP contribution in [0, 0.1) is 0 Å². The number of benzene rings is 12. The Hall–Kier alpha value is -13.6. The largest absolute Gasteiger partial charge is 0.489 e. The van der Waals surface area contributed by atoms with Gasteiger partial charge >= 0.3 is 0 Å². The van der Waals surface area contributed by atoms with Crippen LogP contribution in [0.5, 0.6) is 23.0 Å². The van der Waals surface area contributed by atoms with Crippen molar-refractivity contribution in [3.05, 3.63) is 381 Å². The fourth-order valence-electron chi connectivity index (χ4n) is 17.1. The minimum Gasteiger partial charge on any atom is -0.489 e. The number of hydrogen-bond donors (Lipinski definition) is 2. The van der Waals surface area contributed by atoms with E-state index in [-0.39, 0.29) is 0 Å². The molecule has 0 spiro atoms. The number of fused-ring (bicyclic) bond motifs is 20. The quantitative estimate of drug-likeness (QED) is 0.100. The highest BCUT2D eigenvalue weighted by Crippen LogP contribution is 2.45. The molecule has 0 atom stereocenters. The average Bonchev–Trinajstić information content (AvgIpc) is 1.62. The summed E-state index contributed by atoms with van der Waals surface area (Å²) in [6.45, 7) is 1.80. The first-order chi connectivity index (χ1) is 53.4. The van der Waals surface area contributed by atoms with E-state index in [1.807, 2.05) is 0 Å². The first kappa shape index (κ1) is 63.0. The Morgan fingerprint density at radius 2 is 0.444 bits per heavy atom. The average molecular weight is 1390 g/mol. The molecule has 2 aliphatic heterocycles. The molecule has 0 radical (unpaired) electrons. The molecule has 21 rings (SSSR count). The second kappa shape index (κ2) is 26.2. The molecule has 108 heavy (non-hydrogen) atoms. The van der Waals surface area contributed by atoms with Gasteiger partial charge in [-0.3, -0.25) is 0 Å². The zero-order valence-corrected chi connectivity index (χ0v) is 59.2. The van der Waals surface area contributed by atoms with Crippen LogP contribution in [0.15, 0.2) is 291 Å². The van der Waals surface area contributed by atoms with Crippen molar-refractivity contribution in [2.45, 2.75) is 52.1 Å². The maximum atomic E-state index is 6.60. The van der Waals surface area contributed by atoms with Gasteiger partial charge < -0.3 is 28.9 Å². The van der Waals surface area contributed by atoms with E-state index in [9.17, 15) is 0 Å². The molecule has 0 saturated carbocycles. The second-order valence-electron chi connectivity index (χ2n) is 29.1. The van der Waals surface area contributed by atoms with E-state index in [0.717, 1.165) is 160 Å². The van der Waals surface area contributed by atoms with Crippen molar-refractivity contribution >= 4 is 46.4 Å². The third-order valence-corrected chi connectivity index (χ3v) is 22.4. The monoisotopic (exact) mass is 1390 g/mol. The van der Waals surface area contributed by atoms with Crippen molar-refractivity contribution in [1.29, 1.82) is 0 Å². The topological polar surface area (TPSA) is 94.3 Å². The number of H-pyrrole nitrogens is 2. The summed E-state index contributed by atoms with van der Waals surface area (Å²) in [6, 6.07) is 104. The van der Waals surface area contributed by atoms with Gasteiger partial charge in [0.15, 0.2) is 0 Å². The first-order valence-corrected chi connectivity index (χ1v) is 37.3. The summed E-state index contributed by atoms with van der Waals surface area (Å²) < 4.78 is 26.4. The number of nitrogens with zero attached hydrogens (tertiary/aromatic N) is 2. The summed E-state index contributed by atoms with van der Waals surface area (Å²) in [4.78, 5) is 19.3. The summed E-state index contributed by atoms with van der Waals surface area (Å²) in [6.07, 6.45) is 12.3. The van der Waals surface area contributed by atoms with Crippen molar-refractivity contribution in [1.82, 2.24) is 19.9 Å². The molecular weight excluding hydrogens is 1320 g/mol. The van der Waals surface area contributed by atoms with Crippen molar-refractivity contribution in [3.63, 3.8) is 0 Å². The number of hydrogen-bond acceptors (Lipinski definition) is 6. The maximum absolute atomic E-state index is 6.60. The summed E-state index contributed by atoms with van der Waals surface area (Å²) in [5, 5.41) is 0. The van der Waals surface area contributed by atoms with Crippen LogP contribution >= 0.6 is 0 Å². The molecule has 8 heteroatoms. The van der Waals surface area contributed by atoms with Crippen molar-refractivity contribution in [2.75, 3.05) is 0 Å². The standard InChI is InChI=1S/C100H70N4O4/c1-5-13-81-69(9-1)53-73-49-61(17-37-85(73)81)57-105-77-29-21-65(22-30-77)97-89-41-43-91(101-89)98(66-23-31-78(32-24-66)106-58-62-18-38-86-74(50-62)54-70-10-2-6-14-82(70)86)93-45-47-95(103-93)100(68-27-35-80(36-28-68)108-60-64-20-40-88-76(52-64)56-72-12-4-8-16-84(72)88)96-48-46-94(104-96)99(92-44-42-90(97)102-92)67-25-33-79(34-26-67)107-59-63-19-39-87-75(51-63)55-71-11-3-7-15-83(71)87/h1-52,101,104H,53-60H2. The van der Waals surface area contributed by atoms with Gasteiger partial charge in [-0.25, -0.2) is 9.97 Å². The van der Waals surface area contributed by atoms with Gasteiger partial charge in [0.2, 0.25) is 0 Å². The summed E-state index contributed by atoms with van der Waals surface area (Å²) >= 11 is 0. The lowest BCUT2D eigenvalue weighted by atomic mass is 10.0. The van der Waals surface area contributed by atoms with E-state index in [0.29, 0.717) is 26.4 Å². The van der Waals surface area contributed by atoms with Crippen LogP contribution in [-0.4, -0.2) is 19.9 Å². The zero-order valence-electron chi connectivity index (χ0n) is 59.2. The molecule has 15 aromatic rings. The van der Waals surface area contributed by atoms with Gasteiger partial charge in [0.1, 0.15) is 49.4 Å². The molecule has 5 heterocycles. The number of nitrogens with one attached hydrogen (secondary N) is 2. The summed E-state index contributed by atoms with van der Waals surface area (Å²) in [5.74, 6) is 3.11. The van der Waals surface area contributed by atoms with Gasteiger partial charge in [0.05, 0.1) is 22.8 Å². The third-order valence-electron chi connectivity index (χ3n) is 22.4. The van der Waals surface area contributed by atoms with Crippen LogP contribution in [0.1, 0.15) is 89.5 Å². The third kappa shape index (κ3) is 11.6. The molecule has 6 aliphatic rings. The van der Waals surface area contributed by atoms with Crippen LogP contribution < -0.4 is 18.9 Å². The minimum absolute atomic E-state index is 0.449. The lowest BCUT2D eigenvalue weighted by molar-refractivity contribution is 0.306. The molecule has 0 unspecified atom stereocenters. The summed E-state index contributed by atoms with van der Waals surface area (Å²) in [7, 11) is 0. The maximum Gasteiger partial charge on any atom is 0.119 e. The first-order valence-electron chi connectivity index (χ1n) is 37.3. The SMILES string of the molecule is C1=Cc2nc1c(-c1ccc(OCc3ccc4c(c3)Cc3ccccc3-4)cc1)c1ccc([nH]1)c(-c1ccc(OCc3ccc4c(c3)Cc3ccccc3-4)cc1)c1nc(c(-c3ccc(OCc4ccc5c(c4)Cc4ccccc4-5)cc3)c3ccc([nH]3)c2-c2ccc(OCc3ccc4c(c3)Cc3ccccc3-4)cc2)C=C1. The van der Waals surface area contributed by atoms with E-state index in [1.165, 1.54) is 89.0 Å².